The zero-order valence-corrected chi connectivity index (χ0v) is 13.1. The van der Waals surface area contributed by atoms with E-state index in [1.54, 1.807) is 6.07 Å². The third kappa shape index (κ3) is 5.23. The van der Waals surface area contributed by atoms with Gasteiger partial charge in [0.1, 0.15) is 12.4 Å². The average Bonchev–Trinajstić information content (AvgIpc) is 2.56. The molecule has 0 aromatic heterocycles. The van der Waals surface area contributed by atoms with Crippen LogP contribution in [0.25, 0.3) is 0 Å². The summed E-state index contributed by atoms with van der Waals surface area (Å²) in [4.78, 5) is 11.9. The minimum atomic E-state index is -0.636. The maximum atomic E-state index is 13.5. The monoisotopic (exact) mass is 337 g/mol. The molecule has 2 rings (SSSR count). The van der Waals surface area contributed by atoms with E-state index < -0.39 is 18.0 Å². The predicted molar refractivity (Wildman–Crippen MR) is 85.6 cm³/mol. The Bertz CT molecular complexity index is 652. The number of aliphatic hydroxyl groups excluding tert-OH is 1. The number of benzene rings is 2. The molecule has 2 aromatic carbocycles. The van der Waals surface area contributed by atoms with Crippen molar-refractivity contribution in [2.45, 2.75) is 19.1 Å². The molecule has 0 bridgehead atoms. The van der Waals surface area contributed by atoms with Gasteiger partial charge in [-0.2, -0.15) is 0 Å². The molecule has 1 atom stereocenters. The Balaban J connectivity index is 1.98. The van der Waals surface area contributed by atoms with Crippen molar-refractivity contribution in [2.75, 3.05) is 6.61 Å². The highest BCUT2D eigenvalue weighted by molar-refractivity contribution is 6.30. The van der Waals surface area contributed by atoms with Gasteiger partial charge in [-0.05, 0) is 29.7 Å². The van der Waals surface area contributed by atoms with Gasteiger partial charge in [0.15, 0.2) is 0 Å². The third-order valence-corrected chi connectivity index (χ3v) is 3.58. The highest BCUT2D eigenvalue weighted by atomic mass is 35.5. The smallest absolute Gasteiger partial charge is 0.407 e. The fourth-order valence-corrected chi connectivity index (χ4v) is 2.20. The number of halogens is 2. The van der Waals surface area contributed by atoms with Crippen molar-refractivity contribution in [2.24, 2.45) is 0 Å². The second kappa shape index (κ2) is 8.50. The van der Waals surface area contributed by atoms with Crippen LogP contribution in [0.3, 0.4) is 0 Å². The van der Waals surface area contributed by atoms with Crippen LogP contribution in [-0.4, -0.2) is 17.8 Å². The summed E-state index contributed by atoms with van der Waals surface area (Å²) in [6.45, 7) is -0.0264. The molecular formula is C17H17ClFNO3. The molecule has 2 aromatic rings. The standard InChI is InChI=1S/C17H17ClFNO3/c18-14-7-6-13(10-15(14)19)16(8-9-21)20-17(22)23-11-12-4-2-1-3-5-12/h1-7,10,16,21H,8-9,11H2,(H,20,22). The summed E-state index contributed by atoms with van der Waals surface area (Å²) in [5, 5.41) is 11.8. The molecule has 0 aliphatic carbocycles. The minimum Gasteiger partial charge on any atom is -0.445 e. The topological polar surface area (TPSA) is 58.6 Å². The fraction of sp³-hybridized carbons (Fsp3) is 0.235. The van der Waals surface area contributed by atoms with Gasteiger partial charge in [0, 0.05) is 6.61 Å². The van der Waals surface area contributed by atoms with Crippen LogP contribution in [-0.2, 0) is 11.3 Å². The van der Waals surface area contributed by atoms with E-state index in [9.17, 15) is 9.18 Å². The molecule has 2 N–H and O–H groups in total. The Morgan fingerprint density at radius 2 is 2.00 bits per heavy atom. The maximum Gasteiger partial charge on any atom is 0.407 e. The highest BCUT2D eigenvalue weighted by Gasteiger charge is 2.16. The van der Waals surface area contributed by atoms with Crippen molar-refractivity contribution in [3.63, 3.8) is 0 Å². The summed E-state index contributed by atoms with van der Waals surface area (Å²) in [5.41, 5.74) is 1.37. The lowest BCUT2D eigenvalue weighted by Crippen LogP contribution is -2.29. The number of aliphatic hydroxyl groups is 1. The van der Waals surface area contributed by atoms with E-state index in [2.05, 4.69) is 5.32 Å². The lowest BCUT2D eigenvalue weighted by atomic mass is 10.0. The van der Waals surface area contributed by atoms with E-state index in [0.717, 1.165) is 5.56 Å². The molecule has 0 saturated carbocycles. The van der Waals surface area contributed by atoms with Gasteiger partial charge in [0.2, 0.25) is 0 Å². The summed E-state index contributed by atoms with van der Waals surface area (Å²) in [6.07, 6.45) is -0.399. The lowest BCUT2D eigenvalue weighted by Gasteiger charge is -2.18. The van der Waals surface area contributed by atoms with Gasteiger partial charge >= 0.3 is 6.09 Å². The van der Waals surface area contributed by atoms with Crippen LogP contribution in [0.5, 0.6) is 0 Å². The lowest BCUT2D eigenvalue weighted by molar-refractivity contribution is 0.133. The van der Waals surface area contributed by atoms with Gasteiger partial charge < -0.3 is 15.2 Å². The van der Waals surface area contributed by atoms with Crippen LogP contribution < -0.4 is 5.32 Å². The first-order valence-corrected chi connectivity index (χ1v) is 7.51. The van der Waals surface area contributed by atoms with Crippen LogP contribution in [0.15, 0.2) is 48.5 Å². The Hall–Kier alpha value is -2.11. The Labute approximate surface area is 138 Å². The molecule has 0 radical (unpaired) electrons. The number of ether oxygens (including phenoxy) is 1. The van der Waals surface area contributed by atoms with Gasteiger partial charge in [-0.1, -0.05) is 48.0 Å². The number of nitrogens with one attached hydrogen (secondary N) is 1. The second-order valence-electron chi connectivity index (χ2n) is 4.94. The molecule has 122 valence electrons. The molecule has 1 unspecified atom stereocenters. The van der Waals surface area contributed by atoms with Gasteiger partial charge in [0.05, 0.1) is 11.1 Å². The van der Waals surface area contributed by atoms with Crippen LogP contribution in [0.2, 0.25) is 5.02 Å². The van der Waals surface area contributed by atoms with Crippen LogP contribution in [0.1, 0.15) is 23.6 Å². The van der Waals surface area contributed by atoms with Crippen molar-refractivity contribution in [1.82, 2.24) is 5.32 Å². The number of carbonyl (C=O) groups is 1. The SMILES string of the molecule is O=C(NC(CCO)c1ccc(Cl)c(F)c1)OCc1ccccc1. The van der Waals surface area contributed by atoms with Crippen molar-refractivity contribution < 1.29 is 19.0 Å². The molecule has 0 heterocycles. The van der Waals surface area contributed by atoms with E-state index in [1.807, 2.05) is 30.3 Å². The molecule has 6 heteroatoms. The zero-order chi connectivity index (χ0) is 16.7. The number of alkyl carbamates (subject to hydrolysis) is 1. The van der Waals surface area contributed by atoms with E-state index in [4.69, 9.17) is 21.4 Å². The second-order valence-corrected chi connectivity index (χ2v) is 5.35. The normalized spacial score (nSPS) is 11.8. The zero-order valence-electron chi connectivity index (χ0n) is 12.3. The van der Waals surface area contributed by atoms with Gasteiger partial charge in [0.25, 0.3) is 0 Å². The van der Waals surface area contributed by atoms with Crippen molar-refractivity contribution in [1.29, 1.82) is 0 Å². The first-order valence-electron chi connectivity index (χ1n) is 7.13. The first kappa shape index (κ1) is 17.2. The molecule has 0 saturated heterocycles. The Morgan fingerprint density at radius 3 is 2.65 bits per heavy atom. The molecule has 1 amide bonds. The largest absolute Gasteiger partial charge is 0.445 e. The van der Waals surface area contributed by atoms with Crippen LogP contribution >= 0.6 is 11.6 Å². The highest BCUT2D eigenvalue weighted by Crippen LogP contribution is 2.22. The quantitative estimate of drug-likeness (QED) is 0.842. The summed E-state index contributed by atoms with van der Waals surface area (Å²) in [5.74, 6) is -0.577. The molecule has 0 spiro atoms. The first-order chi connectivity index (χ1) is 11.1. The third-order valence-electron chi connectivity index (χ3n) is 3.27. The minimum absolute atomic E-state index is 0.00292. The fourth-order valence-electron chi connectivity index (χ4n) is 2.09. The number of hydrogen-bond acceptors (Lipinski definition) is 3. The number of rotatable bonds is 6. The molecule has 23 heavy (non-hydrogen) atoms. The van der Waals surface area contributed by atoms with Gasteiger partial charge in [-0.3, -0.25) is 0 Å². The molecule has 0 aliphatic rings. The van der Waals surface area contributed by atoms with E-state index in [1.165, 1.54) is 12.1 Å². The summed E-state index contributed by atoms with van der Waals surface area (Å²) < 4.78 is 18.7. The number of hydrogen-bond donors (Lipinski definition) is 2. The maximum absolute atomic E-state index is 13.5. The summed E-state index contributed by atoms with van der Waals surface area (Å²) in [7, 11) is 0. The Kier molecular flexibility index (Phi) is 6.38. The van der Waals surface area contributed by atoms with Crippen molar-refractivity contribution >= 4 is 17.7 Å². The number of carbonyl (C=O) groups excluding carboxylic acids is 1. The summed E-state index contributed by atoms with van der Waals surface area (Å²) >= 11 is 5.65. The van der Waals surface area contributed by atoms with Gasteiger partial charge in [-0.15, -0.1) is 0 Å². The van der Waals surface area contributed by atoms with E-state index in [0.29, 0.717) is 5.56 Å². The van der Waals surface area contributed by atoms with E-state index in [-0.39, 0.29) is 24.7 Å². The van der Waals surface area contributed by atoms with Crippen LogP contribution in [0, 0.1) is 5.82 Å². The Morgan fingerprint density at radius 1 is 1.26 bits per heavy atom. The molecule has 0 fully saturated rings. The number of amides is 1. The van der Waals surface area contributed by atoms with Crippen molar-refractivity contribution in [3.8, 4) is 0 Å². The average molecular weight is 338 g/mol. The van der Waals surface area contributed by atoms with E-state index >= 15 is 0 Å². The predicted octanol–water partition coefficient (Wildman–Crippen LogP) is 3.83. The molecule has 0 aliphatic heterocycles. The summed E-state index contributed by atoms with van der Waals surface area (Å²) in [6, 6.07) is 12.9. The van der Waals surface area contributed by atoms with Gasteiger partial charge in [-0.25, -0.2) is 9.18 Å². The molecule has 4 nitrogen and oxygen atoms in total. The van der Waals surface area contributed by atoms with Crippen molar-refractivity contribution in [3.05, 3.63) is 70.5 Å². The van der Waals surface area contributed by atoms with Crippen LogP contribution in [0.4, 0.5) is 9.18 Å². The molecular weight excluding hydrogens is 321 g/mol.